The fourth-order valence-corrected chi connectivity index (χ4v) is 6.21. The van der Waals surface area contributed by atoms with Gasteiger partial charge in [0, 0.05) is 0 Å². The minimum atomic E-state index is -0.645. The zero-order chi connectivity index (χ0) is 28.2. The van der Waals surface area contributed by atoms with Gasteiger partial charge < -0.3 is 14.2 Å². The summed E-state index contributed by atoms with van der Waals surface area (Å²) in [7, 11) is 1.58. The van der Waals surface area contributed by atoms with Gasteiger partial charge in [0.1, 0.15) is 6.61 Å². The highest BCUT2D eigenvalue weighted by Gasteiger charge is 2.33. The number of carbonyl (C=O) groups excluding carboxylic acids is 1. The molecule has 204 valence electrons. The van der Waals surface area contributed by atoms with Crippen LogP contribution in [-0.2, 0) is 16.1 Å². The number of nitrogens with zero attached hydrogens (tertiary/aromatic N) is 2. The average Bonchev–Trinajstić information content (AvgIpc) is 3.26. The van der Waals surface area contributed by atoms with E-state index in [0.29, 0.717) is 43.2 Å². The van der Waals surface area contributed by atoms with Crippen molar-refractivity contribution >= 4 is 39.3 Å². The van der Waals surface area contributed by atoms with Gasteiger partial charge in [-0.15, -0.1) is 0 Å². The Balaban J connectivity index is 1.58. The zero-order valence-corrected chi connectivity index (χ0v) is 24.6. The number of carbonyl (C=O) groups is 1. The largest absolute Gasteiger partial charge is 0.493 e. The molecular weight excluding hydrogens is 592 g/mol. The first-order valence-corrected chi connectivity index (χ1v) is 14.3. The number of fused-ring (bicyclic) bond motifs is 1. The van der Waals surface area contributed by atoms with Crippen molar-refractivity contribution in [1.29, 1.82) is 0 Å². The summed E-state index contributed by atoms with van der Waals surface area (Å²) in [5.41, 5.74) is 3.23. The lowest BCUT2D eigenvalue weighted by atomic mass is 9.96. The minimum Gasteiger partial charge on any atom is -0.493 e. The molecular formula is C31H27BrN2O5S. The molecule has 5 rings (SSSR count). The second-order valence-corrected chi connectivity index (χ2v) is 10.9. The second kappa shape index (κ2) is 12.1. The number of rotatable bonds is 8. The Labute approximate surface area is 243 Å². The Kier molecular flexibility index (Phi) is 8.32. The van der Waals surface area contributed by atoms with E-state index >= 15 is 0 Å². The maximum atomic E-state index is 13.8. The van der Waals surface area contributed by atoms with E-state index in [1.807, 2.05) is 72.8 Å². The van der Waals surface area contributed by atoms with Crippen LogP contribution in [0.25, 0.3) is 6.08 Å². The number of allylic oxidation sites excluding steroid dienone is 1. The van der Waals surface area contributed by atoms with Crippen LogP contribution in [0.3, 0.4) is 0 Å². The maximum absolute atomic E-state index is 13.8. The zero-order valence-electron chi connectivity index (χ0n) is 22.2. The molecule has 1 aromatic heterocycles. The summed E-state index contributed by atoms with van der Waals surface area (Å²) in [6, 6.07) is 22.4. The third-order valence-corrected chi connectivity index (χ3v) is 7.98. The molecule has 0 aliphatic carbocycles. The van der Waals surface area contributed by atoms with Crippen LogP contribution >= 0.6 is 27.3 Å². The molecule has 7 nitrogen and oxygen atoms in total. The third kappa shape index (κ3) is 5.52. The normalized spacial score (nSPS) is 14.9. The smallest absolute Gasteiger partial charge is 0.338 e. The lowest BCUT2D eigenvalue weighted by Crippen LogP contribution is -2.39. The molecule has 1 aliphatic heterocycles. The van der Waals surface area contributed by atoms with Gasteiger partial charge >= 0.3 is 5.97 Å². The van der Waals surface area contributed by atoms with Crippen molar-refractivity contribution in [2.75, 3.05) is 13.7 Å². The van der Waals surface area contributed by atoms with Gasteiger partial charge in [0.2, 0.25) is 0 Å². The fourth-order valence-electron chi connectivity index (χ4n) is 4.59. The van der Waals surface area contributed by atoms with Gasteiger partial charge in [-0.25, -0.2) is 9.79 Å². The molecule has 0 radical (unpaired) electrons. The topological polar surface area (TPSA) is 79.1 Å². The summed E-state index contributed by atoms with van der Waals surface area (Å²) in [6.45, 7) is 4.14. The SMILES string of the molecule is CCOC(=O)C1=C(C)N=c2s/c(=C\c3cc(Br)c(OCc4ccccc4)c(OC)c3)c(=O)n2[C@H]1c1ccccc1. The molecule has 1 atom stereocenters. The highest BCUT2D eigenvalue weighted by molar-refractivity contribution is 9.10. The lowest BCUT2D eigenvalue weighted by molar-refractivity contribution is -0.139. The number of hydrogen-bond acceptors (Lipinski definition) is 7. The summed E-state index contributed by atoms with van der Waals surface area (Å²) in [5, 5.41) is 0. The molecule has 4 aromatic rings. The van der Waals surface area contributed by atoms with Gasteiger partial charge in [-0.1, -0.05) is 72.0 Å². The predicted molar refractivity (Wildman–Crippen MR) is 158 cm³/mol. The molecule has 0 saturated carbocycles. The fraction of sp³-hybridized carbons (Fsp3) is 0.194. The first-order chi connectivity index (χ1) is 19.4. The summed E-state index contributed by atoms with van der Waals surface area (Å²) in [5.74, 6) is 0.627. The van der Waals surface area contributed by atoms with Crippen molar-refractivity contribution in [2.24, 2.45) is 4.99 Å². The second-order valence-electron chi connectivity index (χ2n) is 9.02. The van der Waals surface area contributed by atoms with Crippen molar-refractivity contribution in [1.82, 2.24) is 4.57 Å². The van der Waals surface area contributed by atoms with Crippen molar-refractivity contribution in [2.45, 2.75) is 26.5 Å². The highest BCUT2D eigenvalue weighted by Crippen LogP contribution is 2.37. The Hall–Kier alpha value is -3.95. The number of benzene rings is 3. The predicted octanol–water partition coefficient (Wildman–Crippen LogP) is 5.15. The molecule has 40 heavy (non-hydrogen) atoms. The third-order valence-electron chi connectivity index (χ3n) is 6.41. The van der Waals surface area contributed by atoms with Gasteiger partial charge in [-0.2, -0.15) is 0 Å². The van der Waals surface area contributed by atoms with Crippen LogP contribution < -0.4 is 24.4 Å². The number of hydrogen-bond donors (Lipinski definition) is 0. The van der Waals surface area contributed by atoms with Crippen LogP contribution in [0.15, 0.2) is 98.3 Å². The highest BCUT2D eigenvalue weighted by atomic mass is 79.9. The van der Waals surface area contributed by atoms with E-state index in [9.17, 15) is 9.59 Å². The molecule has 0 saturated heterocycles. The Bertz CT molecular complexity index is 1760. The molecule has 0 fully saturated rings. The van der Waals surface area contributed by atoms with Crippen LogP contribution in [-0.4, -0.2) is 24.3 Å². The quantitative estimate of drug-likeness (QED) is 0.255. The van der Waals surface area contributed by atoms with E-state index in [1.165, 1.54) is 11.3 Å². The summed E-state index contributed by atoms with van der Waals surface area (Å²) in [6.07, 6.45) is 1.80. The molecule has 3 aromatic carbocycles. The van der Waals surface area contributed by atoms with Crippen LogP contribution in [0, 0.1) is 0 Å². The molecule has 0 spiro atoms. The molecule has 0 bridgehead atoms. The molecule has 9 heteroatoms. The van der Waals surface area contributed by atoms with Crippen molar-refractivity contribution in [3.8, 4) is 11.5 Å². The summed E-state index contributed by atoms with van der Waals surface area (Å²) in [4.78, 5) is 32.0. The number of halogens is 1. The van der Waals surface area contributed by atoms with E-state index in [1.54, 1.807) is 31.6 Å². The molecule has 0 N–H and O–H groups in total. The van der Waals surface area contributed by atoms with Gasteiger partial charge in [0.15, 0.2) is 16.3 Å². The van der Waals surface area contributed by atoms with Gasteiger partial charge in [-0.05, 0) is 64.7 Å². The summed E-state index contributed by atoms with van der Waals surface area (Å²) < 4.78 is 19.8. The Morgan fingerprint density at radius 1 is 1.10 bits per heavy atom. The number of esters is 1. The monoisotopic (exact) mass is 618 g/mol. The summed E-state index contributed by atoms with van der Waals surface area (Å²) >= 11 is 4.88. The van der Waals surface area contributed by atoms with E-state index in [0.717, 1.165) is 16.7 Å². The minimum absolute atomic E-state index is 0.226. The van der Waals surface area contributed by atoms with Gasteiger partial charge in [0.25, 0.3) is 5.56 Å². The van der Waals surface area contributed by atoms with E-state index in [-0.39, 0.29) is 12.2 Å². The molecule has 0 amide bonds. The van der Waals surface area contributed by atoms with Crippen LogP contribution in [0.2, 0.25) is 0 Å². The maximum Gasteiger partial charge on any atom is 0.338 e. The molecule has 1 aliphatic rings. The van der Waals surface area contributed by atoms with Crippen LogP contribution in [0.1, 0.15) is 36.6 Å². The Morgan fingerprint density at radius 2 is 1.80 bits per heavy atom. The van der Waals surface area contributed by atoms with Crippen LogP contribution in [0.4, 0.5) is 0 Å². The van der Waals surface area contributed by atoms with Gasteiger partial charge in [-0.3, -0.25) is 9.36 Å². The first-order valence-electron chi connectivity index (χ1n) is 12.7. The average molecular weight is 620 g/mol. The number of ether oxygens (including phenoxy) is 3. The van der Waals surface area contributed by atoms with E-state index in [4.69, 9.17) is 14.2 Å². The molecule has 2 heterocycles. The first kappa shape index (κ1) is 27.6. The van der Waals surface area contributed by atoms with Gasteiger partial charge in [0.05, 0.1) is 40.0 Å². The van der Waals surface area contributed by atoms with Crippen molar-refractivity contribution < 1.29 is 19.0 Å². The number of thiazole rings is 1. The van der Waals surface area contributed by atoms with Crippen molar-refractivity contribution in [3.63, 3.8) is 0 Å². The lowest BCUT2D eigenvalue weighted by Gasteiger charge is -2.24. The Morgan fingerprint density at radius 3 is 2.48 bits per heavy atom. The standard InChI is InChI=1S/C31H27BrN2O5S/c1-4-38-30(36)26-19(2)33-31-34(27(26)22-13-9-6-10-14-22)29(35)25(40-31)17-21-15-23(32)28(24(16-21)37-3)39-18-20-11-7-5-8-12-20/h5-17,27H,4,18H2,1-3H3/b25-17-/t27-/m0/s1. The van der Waals surface area contributed by atoms with E-state index in [2.05, 4.69) is 20.9 Å². The number of aromatic nitrogens is 1. The van der Waals surface area contributed by atoms with Crippen molar-refractivity contribution in [3.05, 3.63) is 125 Å². The van der Waals surface area contributed by atoms with E-state index < -0.39 is 12.0 Å². The molecule has 0 unspecified atom stereocenters. The van der Waals surface area contributed by atoms with Crippen LogP contribution in [0.5, 0.6) is 11.5 Å². The number of methoxy groups -OCH3 is 1.